The Bertz CT molecular complexity index is 403. The number of nitrogens with one attached hydrogen (secondary N) is 2. The maximum atomic E-state index is 12.1. The lowest BCUT2D eigenvalue weighted by molar-refractivity contribution is -0.137. The van der Waals surface area contributed by atoms with E-state index in [0.717, 1.165) is 39.0 Å². The highest BCUT2D eigenvalue weighted by molar-refractivity contribution is 5.76. The normalized spacial score (nSPS) is 35.0. The van der Waals surface area contributed by atoms with Crippen LogP contribution in [0.2, 0.25) is 0 Å². The molecule has 0 aromatic carbocycles. The Morgan fingerprint density at radius 3 is 2.92 bits per heavy atom. The van der Waals surface area contributed by atoms with Gasteiger partial charge in [-0.1, -0.05) is 0 Å². The zero-order valence-corrected chi connectivity index (χ0v) is 14.4. The van der Waals surface area contributed by atoms with Crippen molar-refractivity contribution in [3.05, 3.63) is 0 Å². The zero-order valence-electron chi connectivity index (χ0n) is 14.4. The number of fused-ring (bicyclic) bond motifs is 1. The van der Waals surface area contributed by atoms with E-state index in [1.54, 1.807) is 0 Å². The molecule has 0 aromatic heterocycles. The maximum absolute atomic E-state index is 12.1. The SMILES string of the molecule is O=C(C[C@@H]1CC[C@H]2NC[C@H](O)COC[C@@H]2O1)NCCN1CCCC1. The van der Waals surface area contributed by atoms with Gasteiger partial charge in [0.15, 0.2) is 0 Å². The molecule has 7 nitrogen and oxygen atoms in total. The second-order valence-corrected chi connectivity index (χ2v) is 7.18. The Labute approximate surface area is 144 Å². The number of ether oxygens (including phenoxy) is 2. The minimum Gasteiger partial charge on any atom is -0.389 e. The van der Waals surface area contributed by atoms with Gasteiger partial charge in [-0.2, -0.15) is 0 Å². The highest BCUT2D eigenvalue weighted by Gasteiger charge is 2.33. The number of β-amino-alcohol motifs (C(OH)–C–C–N with tert-alkyl or cyclic N) is 1. The van der Waals surface area contributed by atoms with Gasteiger partial charge in [-0.15, -0.1) is 0 Å². The van der Waals surface area contributed by atoms with Gasteiger partial charge in [0.25, 0.3) is 0 Å². The van der Waals surface area contributed by atoms with Crippen LogP contribution in [0.3, 0.4) is 0 Å². The molecule has 0 radical (unpaired) electrons. The fraction of sp³-hybridized carbons (Fsp3) is 0.941. The van der Waals surface area contributed by atoms with Gasteiger partial charge in [-0.05, 0) is 38.8 Å². The van der Waals surface area contributed by atoms with Gasteiger partial charge in [0.05, 0.1) is 37.9 Å². The van der Waals surface area contributed by atoms with E-state index in [2.05, 4.69) is 15.5 Å². The Hall–Kier alpha value is -0.730. The summed E-state index contributed by atoms with van der Waals surface area (Å²) in [4.78, 5) is 14.5. The Kier molecular flexibility index (Phi) is 6.85. The smallest absolute Gasteiger partial charge is 0.222 e. The van der Waals surface area contributed by atoms with Gasteiger partial charge >= 0.3 is 0 Å². The average Bonchev–Trinajstić information content (AvgIpc) is 3.05. The summed E-state index contributed by atoms with van der Waals surface area (Å²) in [6, 6.07) is 0.203. The summed E-state index contributed by atoms with van der Waals surface area (Å²) in [6.45, 7) is 5.33. The van der Waals surface area contributed by atoms with Crippen LogP contribution >= 0.6 is 0 Å². The van der Waals surface area contributed by atoms with E-state index in [1.807, 2.05) is 0 Å². The van der Waals surface area contributed by atoms with Crippen LogP contribution in [0.15, 0.2) is 0 Å². The van der Waals surface area contributed by atoms with Crippen LogP contribution in [0.5, 0.6) is 0 Å². The Morgan fingerprint density at radius 1 is 1.25 bits per heavy atom. The first-order chi connectivity index (χ1) is 11.7. The number of nitrogens with zero attached hydrogens (tertiary/aromatic N) is 1. The van der Waals surface area contributed by atoms with Crippen molar-refractivity contribution >= 4 is 5.91 Å². The molecule has 0 unspecified atom stereocenters. The maximum Gasteiger partial charge on any atom is 0.222 e. The highest BCUT2D eigenvalue weighted by atomic mass is 16.5. The van der Waals surface area contributed by atoms with Crippen molar-refractivity contribution in [1.82, 2.24) is 15.5 Å². The van der Waals surface area contributed by atoms with Gasteiger partial charge in [0.1, 0.15) is 0 Å². The van der Waals surface area contributed by atoms with Crippen molar-refractivity contribution in [1.29, 1.82) is 0 Å². The summed E-state index contributed by atoms with van der Waals surface area (Å²) in [5, 5.41) is 16.0. The molecular weight excluding hydrogens is 310 g/mol. The fourth-order valence-corrected chi connectivity index (χ4v) is 3.81. The number of rotatable bonds is 5. The lowest BCUT2D eigenvalue weighted by atomic mass is 9.96. The van der Waals surface area contributed by atoms with Crippen molar-refractivity contribution in [3.8, 4) is 0 Å². The largest absolute Gasteiger partial charge is 0.389 e. The monoisotopic (exact) mass is 341 g/mol. The molecule has 7 heteroatoms. The molecule has 0 aliphatic carbocycles. The van der Waals surface area contributed by atoms with E-state index in [4.69, 9.17) is 9.47 Å². The third-order valence-electron chi connectivity index (χ3n) is 5.19. The third-order valence-corrected chi connectivity index (χ3v) is 5.19. The Balaban J connectivity index is 1.35. The van der Waals surface area contributed by atoms with Crippen LogP contribution in [0, 0.1) is 0 Å². The standard InChI is InChI=1S/C17H31N3O4/c21-13-10-19-15-4-3-14(24-16(15)12-23-11-13)9-17(22)18-5-8-20-6-1-2-7-20/h13-16,19,21H,1-12H2,(H,18,22)/t13-,14-,15+,16-/m0/s1. The van der Waals surface area contributed by atoms with Gasteiger partial charge in [0, 0.05) is 25.7 Å². The first-order valence-corrected chi connectivity index (χ1v) is 9.34. The topological polar surface area (TPSA) is 83.1 Å². The van der Waals surface area contributed by atoms with Gasteiger partial charge in [-0.3, -0.25) is 4.79 Å². The highest BCUT2D eigenvalue weighted by Crippen LogP contribution is 2.23. The molecule has 3 N–H and O–H groups in total. The summed E-state index contributed by atoms with van der Waals surface area (Å²) < 4.78 is 11.6. The van der Waals surface area contributed by atoms with E-state index in [1.165, 1.54) is 12.8 Å². The second-order valence-electron chi connectivity index (χ2n) is 7.18. The van der Waals surface area contributed by atoms with Gasteiger partial charge in [0.2, 0.25) is 5.91 Å². The molecule has 3 saturated heterocycles. The molecule has 0 saturated carbocycles. The number of carbonyl (C=O) groups excluding carboxylic acids is 1. The predicted molar refractivity (Wildman–Crippen MR) is 89.8 cm³/mol. The van der Waals surface area contributed by atoms with Crippen molar-refractivity contribution < 1.29 is 19.4 Å². The lowest BCUT2D eigenvalue weighted by Crippen LogP contribution is -2.54. The molecule has 3 aliphatic rings. The molecule has 4 atom stereocenters. The van der Waals surface area contributed by atoms with Crippen LogP contribution in [0.25, 0.3) is 0 Å². The number of aliphatic hydroxyl groups excluding tert-OH is 1. The summed E-state index contributed by atoms with van der Waals surface area (Å²) in [7, 11) is 0. The zero-order chi connectivity index (χ0) is 16.8. The van der Waals surface area contributed by atoms with Crippen LogP contribution < -0.4 is 10.6 Å². The number of hydrogen-bond donors (Lipinski definition) is 3. The van der Waals surface area contributed by atoms with Crippen LogP contribution in [0.4, 0.5) is 0 Å². The average molecular weight is 341 g/mol. The molecular formula is C17H31N3O4. The fourth-order valence-electron chi connectivity index (χ4n) is 3.81. The van der Waals surface area contributed by atoms with E-state index >= 15 is 0 Å². The molecule has 1 amide bonds. The van der Waals surface area contributed by atoms with Gasteiger partial charge in [-0.25, -0.2) is 0 Å². The molecule has 0 spiro atoms. The number of amides is 1. The summed E-state index contributed by atoms with van der Waals surface area (Å²) >= 11 is 0. The molecule has 0 bridgehead atoms. The predicted octanol–water partition coefficient (Wildman–Crippen LogP) is -0.515. The summed E-state index contributed by atoms with van der Waals surface area (Å²) in [5.74, 6) is 0.0767. The van der Waals surface area contributed by atoms with Crippen molar-refractivity contribution in [2.45, 2.75) is 56.5 Å². The molecule has 138 valence electrons. The summed E-state index contributed by atoms with van der Waals surface area (Å²) in [5.41, 5.74) is 0. The number of carbonyl (C=O) groups is 1. The van der Waals surface area contributed by atoms with Crippen LogP contribution in [-0.4, -0.2) is 86.2 Å². The molecule has 3 heterocycles. The Morgan fingerprint density at radius 2 is 2.08 bits per heavy atom. The van der Waals surface area contributed by atoms with E-state index in [9.17, 15) is 9.90 Å². The second kappa shape index (κ2) is 9.10. The van der Waals surface area contributed by atoms with Crippen molar-refractivity contribution in [3.63, 3.8) is 0 Å². The van der Waals surface area contributed by atoms with E-state index in [0.29, 0.717) is 26.2 Å². The minimum absolute atomic E-state index is 0.0337. The first kappa shape index (κ1) is 18.1. The van der Waals surface area contributed by atoms with E-state index < -0.39 is 6.10 Å². The van der Waals surface area contributed by atoms with Crippen LogP contribution in [-0.2, 0) is 14.3 Å². The molecule has 3 aliphatic heterocycles. The third kappa shape index (κ3) is 5.39. The minimum atomic E-state index is -0.454. The molecule has 3 rings (SSSR count). The van der Waals surface area contributed by atoms with Crippen LogP contribution in [0.1, 0.15) is 32.1 Å². The number of likely N-dealkylation sites (tertiary alicyclic amines) is 1. The number of hydrogen-bond acceptors (Lipinski definition) is 6. The molecule has 0 aromatic rings. The van der Waals surface area contributed by atoms with Crippen molar-refractivity contribution in [2.75, 3.05) is 45.9 Å². The van der Waals surface area contributed by atoms with Gasteiger partial charge < -0.3 is 30.1 Å². The molecule has 24 heavy (non-hydrogen) atoms. The lowest BCUT2D eigenvalue weighted by Gasteiger charge is -2.38. The number of aliphatic hydroxyl groups is 1. The molecule has 3 fully saturated rings. The van der Waals surface area contributed by atoms with E-state index in [-0.39, 0.29) is 24.2 Å². The van der Waals surface area contributed by atoms with Crippen molar-refractivity contribution in [2.24, 2.45) is 0 Å². The quantitative estimate of drug-likeness (QED) is 0.625. The summed E-state index contributed by atoms with van der Waals surface area (Å²) in [6.07, 6.45) is 4.27. The first-order valence-electron chi connectivity index (χ1n) is 9.34.